The summed E-state index contributed by atoms with van der Waals surface area (Å²) in [7, 11) is 0. The van der Waals surface area contributed by atoms with E-state index in [0.29, 0.717) is 28.9 Å². The Bertz CT molecular complexity index is 926. The Labute approximate surface area is 174 Å². The van der Waals surface area contributed by atoms with Gasteiger partial charge in [-0.1, -0.05) is 48.5 Å². The van der Waals surface area contributed by atoms with Crippen LogP contribution in [0.4, 0.5) is 0 Å². The first-order valence-electron chi connectivity index (χ1n) is 7.92. The summed E-state index contributed by atoms with van der Waals surface area (Å²) in [6.45, 7) is 0. The molecule has 9 heteroatoms. The fourth-order valence-corrected chi connectivity index (χ4v) is 2.89. The van der Waals surface area contributed by atoms with E-state index < -0.39 is 11.5 Å². The van der Waals surface area contributed by atoms with Crippen LogP contribution in [0.15, 0.2) is 54.6 Å². The molecule has 2 aromatic rings. The number of nitrogens with one attached hydrogen (secondary N) is 2. The van der Waals surface area contributed by atoms with Crippen LogP contribution < -0.4 is 17.2 Å². The average molecular weight is 422 g/mol. The van der Waals surface area contributed by atoms with Crippen molar-refractivity contribution in [3.05, 3.63) is 76.9 Å². The zero-order valence-corrected chi connectivity index (χ0v) is 16.4. The molecule has 148 valence electrons. The maximum atomic E-state index is 12.2. The summed E-state index contributed by atoms with van der Waals surface area (Å²) >= 11 is 0. The number of hydrogen-bond acceptors (Lipinski definition) is 4. The van der Waals surface area contributed by atoms with Gasteiger partial charge < -0.3 is 21.9 Å². The first-order chi connectivity index (χ1) is 12.3. The first kappa shape index (κ1) is 23.0. The van der Waals surface area contributed by atoms with E-state index >= 15 is 0 Å². The zero-order chi connectivity index (χ0) is 18.9. The van der Waals surface area contributed by atoms with E-state index in [9.17, 15) is 4.79 Å². The number of amides is 1. The Balaban J connectivity index is 0.00000196. The van der Waals surface area contributed by atoms with Crippen molar-refractivity contribution < 1.29 is 9.53 Å². The van der Waals surface area contributed by atoms with Crippen LogP contribution in [0.3, 0.4) is 0 Å². The molecular weight excluding hydrogens is 401 g/mol. The van der Waals surface area contributed by atoms with Gasteiger partial charge in [0.2, 0.25) is 5.60 Å². The standard InChI is InChI=1S/C19H19N5O2.2ClH/c20-16(21)12-3-1-11(2-4-12)15-9-10-19(26-15,18(24)25)14-7-5-13(6-8-14)17(22)23;;/h1-9H,10H2,(H3,20,21)(H3,22,23)(H2,24,25);2*1H. The molecule has 8 N–H and O–H groups in total. The molecular formula is C19H21Cl2N5O2. The van der Waals surface area contributed by atoms with Crippen LogP contribution in [0.25, 0.3) is 5.76 Å². The minimum absolute atomic E-state index is 0. The highest BCUT2D eigenvalue weighted by Crippen LogP contribution is 2.41. The lowest BCUT2D eigenvalue weighted by molar-refractivity contribution is -0.135. The van der Waals surface area contributed by atoms with Gasteiger partial charge >= 0.3 is 0 Å². The SMILES string of the molecule is Cl.Cl.N=C(N)c1ccc(C2=CCC(C(N)=O)(c3ccc(C(=N)N)cc3)O2)cc1. The lowest BCUT2D eigenvalue weighted by atomic mass is 9.90. The second-order valence-electron chi connectivity index (χ2n) is 6.05. The average Bonchev–Trinajstić information content (AvgIpc) is 3.08. The molecule has 1 amide bonds. The number of carbonyl (C=O) groups excluding carboxylic acids is 1. The minimum Gasteiger partial charge on any atom is -0.472 e. The third-order valence-corrected chi connectivity index (χ3v) is 4.40. The van der Waals surface area contributed by atoms with Gasteiger partial charge in [-0.15, -0.1) is 24.8 Å². The molecule has 1 unspecified atom stereocenters. The Morgan fingerprint density at radius 1 is 0.857 bits per heavy atom. The molecule has 0 saturated heterocycles. The summed E-state index contributed by atoms with van der Waals surface area (Å²) in [6.07, 6.45) is 2.11. The Kier molecular flexibility index (Phi) is 7.21. The number of nitrogens with two attached hydrogens (primary N) is 3. The fourth-order valence-electron chi connectivity index (χ4n) is 2.89. The number of benzene rings is 2. The number of ether oxygens (including phenoxy) is 1. The molecule has 0 saturated carbocycles. The van der Waals surface area contributed by atoms with Crippen molar-refractivity contribution in [1.82, 2.24) is 0 Å². The number of carbonyl (C=O) groups is 1. The topological polar surface area (TPSA) is 152 Å². The molecule has 1 aliphatic rings. The molecule has 28 heavy (non-hydrogen) atoms. The van der Waals surface area contributed by atoms with Crippen molar-refractivity contribution in [2.24, 2.45) is 17.2 Å². The monoisotopic (exact) mass is 421 g/mol. The highest BCUT2D eigenvalue weighted by Gasteiger charge is 2.44. The normalized spacial score (nSPS) is 17.4. The third kappa shape index (κ3) is 4.11. The second-order valence-corrected chi connectivity index (χ2v) is 6.05. The summed E-state index contributed by atoms with van der Waals surface area (Å²) in [6, 6.07) is 13.7. The van der Waals surface area contributed by atoms with E-state index in [1.54, 1.807) is 48.5 Å². The Morgan fingerprint density at radius 3 is 1.75 bits per heavy atom. The fraction of sp³-hybridized carbons (Fsp3) is 0.105. The van der Waals surface area contributed by atoms with Gasteiger partial charge in [-0.2, -0.15) is 0 Å². The van der Waals surface area contributed by atoms with Crippen LogP contribution in [0.5, 0.6) is 0 Å². The third-order valence-electron chi connectivity index (χ3n) is 4.40. The maximum Gasteiger partial charge on any atom is 0.266 e. The molecule has 3 rings (SSSR count). The molecule has 0 bridgehead atoms. The molecule has 1 aliphatic heterocycles. The molecule has 0 spiro atoms. The number of rotatable bonds is 5. The van der Waals surface area contributed by atoms with E-state index in [1.807, 2.05) is 6.08 Å². The van der Waals surface area contributed by atoms with Crippen LogP contribution >= 0.6 is 24.8 Å². The molecule has 7 nitrogen and oxygen atoms in total. The number of hydrogen-bond donors (Lipinski definition) is 5. The molecule has 2 aromatic carbocycles. The van der Waals surface area contributed by atoms with Crippen molar-refractivity contribution in [2.75, 3.05) is 0 Å². The van der Waals surface area contributed by atoms with Crippen molar-refractivity contribution in [3.63, 3.8) is 0 Å². The van der Waals surface area contributed by atoms with E-state index in [2.05, 4.69) is 0 Å². The Hall–Kier alpha value is -3.03. The Morgan fingerprint density at radius 2 is 1.32 bits per heavy atom. The smallest absolute Gasteiger partial charge is 0.266 e. The van der Waals surface area contributed by atoms with Gasteiger partial charge in [0, 0.05) is 28.7 Å². The second kappa shape index (κ2) is 8.77. The van der Waals surface area contributed by atoms with E-state index in [4.69, 9.17) is 32.8 Å². The number of amidine groups is 2. The highest BCUT2D eigenvalue weighted by atomic mass is 35.5. The molecule has 0 aromatic heterocycles. The summed E-state index contributed by atoms with van der Waals surface area (Å²) in [4.78, 5) is 12.2. The first-order valence-corrected chi connectivity index (χ1v) is 7.92. The van der Waals surface area contributed by atoms with Crippen LogP contribution in [0, 0.1) is 10.8 Å². The molecule has 0 radical (unpaired) electrons. The van der Waals surface area contributed by atoms with Crippen molar-refractivity contribution in [3.8, 4) is 0 Å². The number of nitrogen functional groups attached to an aromatic ring is 2. The van der Waals surface area contributed by atoms with Crippen LogP contribution in [-0.2, 0) is 15.1 Å². The molecule has 1 atom stereocenters. The lowest BCUT2D eigenvalue weighted by Gasteiger charge is -2.27. The van der Waals surface area contributed by atoms with Gasteiger partial charge in [-0.3, -0.25) is 15.6 Å². The van der Waals surface area contributed by atoms with Crippen LogP contribution in [0.2, 0.25) is 0 Å². The van der Waals surface area contributed by atoms with E-state index in [0.717, 1.165) is 5.56 Å². The van der Waals surface area contributed by atoms with Gasteiger partial charge in [0.25, 0.3) is 5.91 Å². The summed E-state index contributed by atoms with van der Waals surface area (Å²) < 4.78 is 6.00. The predicted octanol–water partition coefficient (Wildman–Crippen LogP) is 2.24. The van der Waals surface area contributed by atoms with Gasteiger partial charge in [0.15, 0.2) is 0 Å². The summed E-state index contributed by atoms with van der Waals surface area (Å²) in [5, 5.41) is 14.9. The quantitative estimate of drug-likeness (QED) is 0.371. The van der Waals surface area contributed by atoms with Gasteiger partial charge in [0.05, 0.1) is 0 Å². The highest BCUT2D eigenvalue weighted by molar-refractivity contribution is 5.96. The van der Waals surface area contributed by atoms with Crippen molar-refractivity contribution >= 4 is 48.2 Å². The van der Waals surface area contributed by atoms with E-state index in [1.165, 1.54) is 0 Å². The molecule has 1 heterocycles. The lowest BCUT2D eigenvalue weighted by Crippen LogP contribution is -2.41. The van der Waals surface area contributed by atoms with Crippen LogP contribution in [-0.4, -0.2) is 17.6 Å². The van der Waals surface area contributed by atoms with Gasteiger partial charge in [-0.25, -0.2) is 0 Å². The number of primary amides is 1. The zero-order valence-electron chi connectivity index (χ0n) is 14.8. The largest absolute Gasteiger partial charge is 0.472 e. The van der Waals surface area contributed by atoms with Crippen molar-refractivity contribution in [2.45, 2.75) is 12.0 Å². The van der Waals surface area contributed by atoms with Gasteiger partial charge in [0.1, 0.15) is 17.4 Å². The maximum absolute atomic E-state index is 12.2. The molecule has 0 fully saturated rings. The summed E-state index contributed by atoms with van der Waals surface area (Å²) in [5.41, 5.74) is 17.8. The predicted molar refractivity (Wildman–Crippen MR) is 114 cm³/mol. The van der Waals surface area contributed by atoms with Gasteiger partial charge in [-0.05, 0) is 6.08 Å². The molecule has 0 aliphatic carbocycles. The van der Waals surface area contributed by atoms with E-state index in [-0.39, 0.29) is 36.5 Å². The number of halogens is 2. The van der Waals surface area contributed by atoms with Crippen molar-refractivity contribution in [1.29, 1.82) is 10.8 Å². The summed E-state index contributed by atoms with van der Waals surface area (Å²) in [5.74, 6) is -0.134. The minimum atomic E-state index is -1.30. The van der Waals surface area contributed by atoms with Crippen LogP contribution in [0.1, 0.15) is 28.7 Å².